The Morgan fingerprint density at radius 2 is 2.38 bits per heavy atom. The van der Waals surface area contributed by atoms with Gasteiger partial charge >= 0.3 is 0 Å². The van der Waals surface area contributed by atoms with E-state index in [9.17, 15) is 10.2 Å². The number of rotatable bonds is 0. The molecule has 3 unspecified atom stereocenters. The van der Waals surface area contributed by atoms with Crippen molar-refractivity contribution in [3.8, 4) is 0 Å². The van der Waals surface area contributed by atoms with Crippen LogP contribution in [-0.4, -0.2) is 28.2 Å². The summed E-state index contributed by atoms with van der Waals surface area (Å²) in [5.41, 5.74) is 0.344. The predicted octanol–water partition coefficient (Wildman–Crippen LogP) is 0.731. The molecule has 3 heteroatoms. The van der Waals surface area contributed by atoms with Gasteiger partial charge in [0.05, 0.1) is 6.10 Å². The van der Waals surface area contributed by atoms with Crippen molar-refractivity contribution in [2.75, 3.05) is 0 Å². The Bertz CT molecular complexity index is 282. The zero-order valence-electron chi connectivity index (χ0n) is 7.66. The summed E-state index contributed by atoms with van der Waals surface area (Å²) in [6, 6.07) is 0. The second kappa shape index (κ2) is 2.67. The first kappa shape index (κ1) is 8.94. The molecule has 0 bridgehead atoms. The van der Waals surface area contributed by atoms with E-state index in [0.29, 0.717) is 5.57 Å². The minimum absolute atomic E-state index is 0.321. The highest BCUT2D eigenvalue weighted by Crippen LogP contribution is 2.41. The van der Waals surface area contributed by atoms with Crippen molar-refractivity contribution in [1.29, 1.82) is 0 Å². The highest BCUT2D eigenvalue weighted by Gasteiger charge is 2.49. The number of hydrogen-bond donors (Lipinski definition) is 2. The van der Waals surface area contributed by atoms with E-state index in [1.54, 1.807) is 6.08 Å². The first-order chi connectivity index (χ1) is 6.04. The van der Waals surface area contributed by atoms with Gasteiger partial charge in [-0.15, -0.1) is 0 Å². The van der Waals surface area contributed by atoms with Crippen molar-refractivity contribution < 1.29 is 14.9 Å². The zero-order chi connectivity index (χ0) is 9.64. The molecule has 1 aliphatic heterocycles. The molecular formula is C10H14O3. The van der Waals surface area contributed by atoms with Gasteiger partial charge in [0, 0.05) is 5.57 Å². The summed E-state index contributed by atoms with van der Waals surface area (Å²) >= 11 is 0. The van der Waals surface area contributed by atoms with Crippen LogP contribution in [0.25, 0.3) is 0 Å². The summed E-state index contributed by atoms with van der Waals surface area (Å²) < 4.78 is 5.19. The number of aliphatic hydroxyl groups is 2. The quantitative estimate of drug-likeness (QED) is 0.543. The van der Waals surface area contributed by atoms with Gasteiger partial charge in [0.15, 0.2) is 6.29 Å². The number of ether oxygens (including phenoxy) is 1. The number of fused-ring (bicyclic) bond motifs is 1. The van der Waals surface area contributed by atoms with Crippen LogP contribution in [0.4, 0.5) is 0 Å². The summed E-state index contributed by atoms with van der Waals surface area (Å²) in [7, 11) is 0. The molecule has 0 amide bonds. The normalized spacial score (nSPS) is 44.5. The largest absolute Gasteiger partial charge is 0.378 e. The fourth-order valence-electron chi connectivity index (χ4n) is 2.03. The molecule has 1 saturated heterocycles. The van der Waals surface area contributed by atoms with Gasteiger partial charge in [-0.3, -0.25) is 0 Å². The molecule has 3 atom stereocenters. The molecule has 1 fully saturated rings. The Morgan fingerprint density at radius 3 is 3.08 bits per heavy atom. The Morgan fingerprint density at radius 1 is 1.69 bits per heavy atom. The van der Waals surface area contributed by atoms with E-state index in [1.807, 2.05) is 6.92 Å². The van der Waals surface area contributed by atoms with E-state index in [0.717, 1.165) is 18.4 Å². The van der Waals surface area contributed by atoms with Gasteiger partial charge < -0.3 is 14.9 Å². The molecule has 0 aromatic rings. The van der Waals surface area contributed by atoms with Crippen LogP contribution in [0.5, 0.6) is 0 Å². The molecule has 2 N–H and O–H groups in total. The summed E-state index contributed by atoms with van der Waals surface area (Å²) in [5, 5.41) is 19.5. The van der Waals surface area contributed by atoms with E-state index in [4.69, 9.17) is 4.74 Å². The molecule has 2 aliphatic rings. The number of aliphatic hydroxyl groups excluding tert-OH is 1. The molecular weight excluding hydrogens is 168 g/mol. The Hall–Kier alpha value is -0.640. The average molecular weight is 182 g/mol. The maximum absolute atomic E-state index is 10.2. The van der Waals surface area contributed by atoms with Crippen LogP contribution in [0.1, 0.15) is 19.8 Å². The van der Waals surface area contributed by atoms with Crippen LogP contribution in [0.15, 0.2) is 23.8 Å². The fraction of sp³-hybridized carbons (Fsp3) is 0.600. The maximum Gasteiger partial charge on any atom is 0.180 e. The Labute approximate surface area is 77.3 Å². The maximum atomic E-state index is 10.2. The van der Waals surface area contributed by atoms with Crippen LogP contribution in [0, 0.1) is 0 Å². The third-order valence-corrected chi connectivity index (χ3v) is 2.86. The molecule has 0 radical (unpaired) electrons. The van der Waals surface area contributed by atoms with Crippen molar-refractivity contribution in [2.45, 2.75) is 37.8 Å². The first-order valence-corrected chi connectivity index (χ1v) is 4.47. The highest BCUT2D eigenvalue weighted by atomic mass is 16.6. The van der Waals surface area contributed by atoms with Gasteiger partial charge in [-0.25, -0.2) is 0 Å². The molecule has 13 heavy (non-hydrogen) atoms. The van der Waals surface area contributed by atoms with E-state index in [1.165, 1.54) is 0 Å². The Kier molecular flexibility index (Phi) is 1.84. The van der Waals surface area contributed by atoms with E-state index in [2.05, 4.69) is 6.58 Å². The summed E-state index contributed by atoms with van der Waals surface area (Å²) in [4.78, 5) is 0. The van der Waals surface area contributed by atoms with Crippen LogP contribution in [0.2, 0.25) is 0 Å². The van der Waals surface area contributed by atoms with Crippen molar-refractivity contribution >= 4 is 0 Å². The molecule has 2 rings (SSSR count). The van der Waals surface area contributed by atoms with Gasteiger partial charge in [0.2, 0.25) is 0 Å². The van der Waals surface area contributed by atoms with Gasteiger partial charge in [0.25, 0.3) is 0 Å². The van der Waals surface area contributed by atoms with E-state index in [-0.39, 0.29) is 6.10 Å². The molecule has 0 aromatic carbocycles. The third-order valence-electron chi connectivity index (χ3n) is 2.86. The lowest BCUT2D eigenvalue weighted by atomic mass is 9.82. The van der Waals surface area contributed by atoms with Crippen LogP contribution in [0.3, 0.4) is 0 Å². The number of hydrogen-bond acceptors (Lipinski definition) is 3. The van der Waals surface area contributed by atoms with Crippen LogP contribution < -0.4 is 0 Å². The molecule has 72 valence electrons. The lowest BCUT2D eigenvalue weighted by Crippen LogP contribution is -2.39. The van der Waals surface area contributed by atoms with E-state index >= 15 is 0 Å². The van der Waals surface area contributed by atoms with Gasteiger partial charge in [0.1, 0.15) is 5.60 Å². The van der Waals surface area contributed by atoms with E-state index < -0.39 is 11.9 Å². The van der Waals surface area contributed by atoms with Crippen LogP contribution in [-0.2, 0) is 4.74 Å². The lowest BCUT2D eigenvalue weighted by molar-refractivity contribution is -0.0991. The first-order valence-electron chi connectivity index (χ1n) is 4.47. The van der Waals surface area contributed by atoms with Gasteiger partial charge in [-0.2, -0.15) is 0 Å². The third kappa shape index (κ3) is 1.15. The van der Waals surface area contributed by atoms with Crippen molar-refractivity contribution in [2.24, 2.45) is 0 Å². The minimum Gasteiger partial charge on any atom is -0.378 e. The van der Waals surface area contributed by atoms with Crippen molar-refractivity contribution in [1.82, 2.24) is 0 Å². The molecule has 0 saturated carbocycles. The molecule has 3 nitrogen and oxygen atoms in total. The summed E-state index contributed by atoms with van der Waals surface area (Å²) in [5.74, 6) is 0. The molecule has 0 spiro atoms. The molecule has 1 aliphatic carbocycles. The second-order valence-corrected chi connectivity index (χ2v) is 3.86. The smallest absolute Gasteiger partial charge is 0.180 e. The standard InChI is InChI=1S/C10H14O3/c1-6-3-4-8-10(12,5-6)7(2)9(11)13-8/h5,8-9,11-12H,2-4H2,1H3. The fourth-order valence-corrected chi connectivity index (χ4v) is 2.03. The molecule has 1 heterocycles. The van der Waals surface area contributed by atoms with Gasteiger partial charge in [-0.1, -0.05) is 12.2 Å². The topological polar surface area (TPSA) is 49.7 Å². The van der Waals surface area contributed by atoms with Crippen molar-refractivity contribution in [3.63, 3.8) is 0 Å². The number of allylic oxidation sites excluding steroid dienone is 1. The van der Waals surface area contributed by atoms with Crippen molar-refractivity contribution in [3.05, 3.63) is 23.8 Å². The second-order valence-electron chi connectivity index (χ2n) is 3.86. The highest BCUT2D eigenvalue weighted by molar-refractivity contribution is 5.34. The predicted molar refractivity (Wildman–Crippen MR) is 48.0 cm³/mol. The van der Waals surface area contributed by atoms with Gasteiger partial charge in [-0.05, 0) is 25.8 Å². The molecule has 0 aromatic heterocycles. The monoisotopic (exact) mass is 182 g/mol. The zero-order valence-corrected chi connectivity index (χ0v) is 7.66. The summed E-state index contributed by atoms with van der Waals surface area (Å²) in [6.45, 7) is 5.62. The minimum atomic E-state index is -1.14. The SMILES string of the molecule is C=C1C(O)OC2CCC(C)=CC12O. The van der Waals surface area contributed by atoms with Crippen LogP contribution >= 0.6 is 0 Å². The average Bonchev–Trinajstić information content (AvgIpc) is 2.27. The lowest BCUT2D eigenvalue weighted by Gasteiger charge is -2.30. The Balaban J connectivity index is 2.39. The summed E-state index contributed by atoms with van der Waals surface area (Å²) in [6.07, 6.45) is 2.07.